The van der Waals surface area contributed by atoms with E-state index in [9.17, 15) is 38.2 Å². The van der Waals surface area contributed by atoms with Crippen LogP contribution in [-0.2, 0) is 30.3 Å². The molecule has 1 aromatic carbocycles. The second kappa shape index (κ2) is 23.5. The summed E-state index contributed by atoms with van der Waals surface area (Å²) < 4.78 is 37.1. The highest BCUT2D eigenvalue weighted by atomic mass is 19.3. The molecule has 47 heavy (non-hydrogen) atoms. The molecule has 0 bridgehead atoms. The number of hydrogen-bond donors (Lipinski definition) is 3. The number of carboxylic acids is 1. The number of nitrogens with one attached hydrogen (secondary N) is 1. The molecule has 11 heteroatoms. The van der Waals surface area contributed by atoms with Gasteiger partial charge in [0.25, 0.3) is 0 Å². The number of amides is 1. The van der Waals surface area contributed by atoms with Gasteiger partial charge in [0, 0.05) is 25.7 Å². The maximum atomic E-state index is 13.4. The van der Waals surface area contributed by atoms with E-state index in [0.29, 0.717) is 37.0 Å². The van der Waals surface area contributed by atoms with Crippen molar-refractivity contribution in [3.63, 3.8) is 0 Å². The van der Waals surface area contributed by atoms with Gasteiger partial charge in [-0.2, -0.15) is 0 Å². The summed E-state index contributed by atoms with van der Waals surface area (Å²) in [7, 11) is 1.11. The highest BCUT2D eigenvalue weighted by molar-refractivity contribution is 5.92. The largest absolute Gasteiger partial charge is 0.481 e. The zero-order chi connectivity index (χ0) is 35.1. The Labute approximate surface area is 277 Å². The molecule has 0 aliphatic heterocycles. The Morgan fingerprint density at radius 2 is 1.60 bits per heavy atom. The van der Waals surface area contributed by atoms with Crippen LogP contribution in [0.1, 0.15) is 103 Å². The topological polar surface area (TPSA) is 139 Å². The van der Waals surface area contributed by atoms with Gasteiger partial charge in [0.2, 0.25) is 12.3 Å². The summed E-state index contributed by atoms with van der Waals surface area (Å²) >= 11 is 0. The molecule has 0 fully saturated rings. The molecule has 0 aliphatic carbocycles. The summed E-state index contributed by atoms with van der Waals surface area (Å²) in [4.78, 5) is 50.1. The van der Waals surface area contributed by atoms with E-state index >= 15 is 0 Å². The number of benzene rings is 1. The van der Waals surface area contributed by atoms with Crippen molar-refractivity contribution in [3.8, 4) is 17.6 Å². The van der Waals surface area contributed by atoms with Crippen LogP contribution in [0.25, 0.3) is 0 Å². The first-order chi connectivity index (χ1) is 22.5. The monoisotopic (exact) mass is 663 g/mol. The number of halogens is 2. The Balaban J connectivity index is 2.88. The number of methoxy groups -OCH3 is 1. The molecule has 1 aromatic rings. The van der Waals surface area contributed by atoms with Gasteiger partial charge in [0.05, 0.1) is 13.0 Å². The fourth-order valence-corrected chi connectivity index (χ4v) is 5.01. The van der Waals surface area contributed by atoms with Gasteiger partial charge in [-0.05, 0) is 50.3 Å². The maximum absolute atomic E-state index is 13.4. The van der Waals surface area contributed by atoms with Crippen LogP contribution in [0, 0.1) is 17.8 Å². The van der Waals surface area contributed by atoms with Crippen molar-refractivity contribution in [2.45, 2.75) is 122 Å². The zero-order valence-corrected chi connectivity index (χ0v) is 27.9. The smallest absolute Gasteiger partial charge is 0.337 e. The van der Waals surface area contributed by atoms with Gasteiger partial charge >= 0.3 is 11.9 Å². The average Bonchev–Trinajstić information content (AvgIpc) is 3.03. The van der Waals surface area contributed by atoms with E-state index in [4.69, 9.17) is 9.47 Å². The highest BCUT2D eigenvalue weighted by Gasteiger charge is 2.49. The standard InChI is InChI=1S/C36H51F2NO8/c1-4-6-8-11-14-17-28(40)18-15-12-9-10-13-16-19-30(36(45,35(43)44)26-32(37)38)33(41)39-31(34(42)46-3)25-27-20-22-29(23-21-27)47-24-7-5-2/h16,19-23,30-32,45H,4,6,8-15,17-18,24-26H2,1-3H3,(H,39,41)(H,43,44)/b19-16+/t30-,31+,36+/m1/s1. The number of ether oxygens (including phenoxy) is 2. The summed E-state index contributed by atoms with van der Waals surface area (Å²) in [6, 6.07) is 5.30. The van der Waals surface area contributed by atoms with Crippen molar-refractivity contribution in [2.75, 3.05) is 13.7 Å². The van der Waals surface area contributed by atoms with E-state index in [2.05, 4.69) is 24.1 Å². The Morgan fingerprint density at radius 1 is 0.979 bits per heavy atom. The zero-order valence-electron chi connectivity index (χ0n) is 27.9. The molecule has 0 aromatic heterocycles. The number of rotatable bonds is 25. The van der Waals surface area contributed by atoms with Crippen LogP contribution in [0.2, 0.25) is 0 Å². The fraction of sp³-hybridized carbons (Fsp3) is 0.611. The number of hydrogen-bond acceptors (Lipinski definition) is 7. The third-order valence-corrected chi connectivity index (χ3v) is 7.75. The molecule has 1 amide bonds. The number of ketones is 1. The van der Waals surface area contributed by atoms with E-state index < -0.39 is 48.3 Å². The number of carboxylic acid groups (broad SMARTS) is 1. The summed E-state index contributed by atoms with van der Waals surface area (Å²) in [5, 5.41) is 23.0. The molecule has 0 spiro atoms. The van der Waals surface area contributed by atoms with Crippen molar-refractivity contribution in [1.82, 2.24) is 5.32 Å². The molecular weight excluding hydrogens is 612 g/mol. The molecule has 0 aliphatic rings. The number of carbonyl (C=O) groups is 4. The molecule has 0 saturated heterocycles. The SMILES string of the molecule is CC#CCOc1ccc(C[C@H](NC(=O)[C@@H](/C=C/CCCCCCC(=O)CCCCCCC)[C@@](O)(CC(F)F)C(=O)O)C(=O)OC)cc1. The third kappa shape index (κ3) is 16.6. The van der Waals surface area contributed by atoms with E-state index in [-0.39, 0.29) is 18.8 Å². The third-order valence-electron chi connectivity index (χ3n) is 7.75. The predicted octanol–water partition coefficient (Wildman–Crippen LogP) is 6.20. The number of allylic oxidation sites excluding steroid dienone is 1. The van der Waals surface area contributed by atoms with E-state index in [1.54, 1.807) is 31.2 Å². The number of alkyl halides is 2. The number of aliphatic carboxylic acids is 1. The lowest BCUT2D eigenvalue weighted by Crippen LogP contribution is -2.55. The van der Waals surface area contributed by atoms with Crippen molar-refractivity contribution in [3.05, 3.63) is 42.0 Å². The fourth-order valence-electron chi connectivity index (χ4n) is 5.01. The molecule has 3 N–H and O–H groups in total. The minimum absolute atomic E-state index is 0.0639. The molecule has 0 heterocycles. The van der Waals surface area contributed by atoms with Gasteiger partial charge < -0.3 is 25.0 Å². The van der Waals surface area contributed by atoms with Crippen LogP contribution in [0.3, 0.4) is 0 Å². The summed E-state index contributed by atoms with van der Waals surface area (Å²) in [5.41, 5.74) is -2.54. The number of unbranched alkanes of at least 4 members (excludes halogenated alkanes) is 8. The van der Waals surface area contributed by atoms with Crippen molar-refractivity contribution < 1.29 is 47.6 Å². The highest BCUT2D eigenvalue weighted by Crippen LogP contribution is 2.28. The van der Waals surface area contributed by atoms with Gasteiger partial charge in [0.15, 0.2) is 5.60 Å². The Hall–Kier alpha value is -3.78. The van der Waals surface area contributed by atoms with Gasteiger partial charge in [-0.25, -0.2) is 18.4 Å². The van der Waals surface area contributed by atoms with Crippen LogP contribution in [-0.4, -0.2) is 65.6 Å². The maximum Gasteiger partial charge on any atom is 0.337 e. The van der Waals surface area contributed by atoms with Gasteiger partial charge in [-0.3, -0.25) is 9.59 Å². The van der Waals surface area contributed by atoms with E-state index in [1.165, 1.54) is 12.5 Å². The molecule has 3 atom stereocenters. The van der Waals surface area contributed by atoms with Gasteiger partial charge in [-0.15, -0.1) is 5.92 Å². The second-order valence-corrected chi connectivity index (χ2v) is 11.5. The molecular formula is C36H51F2NO8. The molecule has 0 saturated carbocycles. The Morgan fingerprint density at radius 3 is 2.15 bits per heavy atom. The van der Waals surface area contributed by atoms with Crippen LogP contribution in [0.15, 0.2) is 36.4 Å². The van der Waals surface area contributed by atoms with E-state index in [1.807, 2.05) is 0 Å². The van der Waals surface area contributed by atoms with Crippen LogP contribution in [0.4, 0.5) is 8.78 Å². The van der Waals surface area contributed by atoms with Crippen LogP contribution < -0.4 is 10.1 Å². The molecule has 0 radical (unpaired) electrons. The first-order valence-corrected chi connectivity index (χ1v) is 16.4. The van der Waals surface area contributed by atoms with Crippen molar-refractivity contribution >= 4 is 23.6 Å². The molecule has 0 unspecified atom stereocenters. The van der Waals surface area contributed by atoms with E-state index in [0.717, 1.165) is 58.1 Å². The molecule has 1 rings (SSSR count). The molecule has 262 valence electrons. The summed E-state index contributed by atoms with van der Waals surface area (Å²) in [6.07, 6.45) is 7.78. The number of esters is 1. The first kappa shape index (κ1) is 41.2. The summed E-state index contributed by atoms with van der Waals surface area (Å²) in [5.74, 6) is 0.388. The minimum atomic E-state index is -3.22. The van der Waals surface area contributed by atoms with Crippen molar-refractivity contribution in [2.24, 2.45) is 5.92 Å². The number of Topliss-reactive ketones (excluding diaryl/α,β-unsaturated/α-hetero) is 1. The first-order valence-electron chi connectivity index (χ1n) is 16.4. The lowest BCUT2D eigenvalue weighted by Gasteiger charge is -2.30. The quantitative estimate of drug-likeness (QED) is 0.0486. The number of aliphatic hydroxyl groups is 1. The van der Waals surface area contributed by atoms with Crippen LogP contribution >= 0.6 is 0 Å². The minimum Gasteiger partial charge on any atom is -0.481 e. The van der Waals surface area contributed by atoms with Gasteiger partial charge in [-0.1, -0.05) is 75.7 Å². The predicted molar refractivity (Wildman–Crippen MR) is 175 cm³/mol. The normalized spacial score (nSPS) is 13.7. The average molecular weight is 664 g/mol. The van der Waals surface area contributed by atoms with Gasteiger partial charge in [0.1, 0.15) is 24.2 Å². The van der Waals surface area contributed by atoms with Crippen molar-refractivity contribution in [1.29, 1.82) is 0 Å². The summed E-state index contributed by atoms with van der Waals surface area (Å²) in [6.45, 7) is 4.02. The Bertz CT molecular complexity index is 1190. The lowest BCUT2D eigenvalue weighted by molar-refractivity contribution is -0.171. The van der Waals surface area contributed by atoms with Crippen LogP contribution in [0.5, 0.6) is 5.75 Å². The lowest BCUT2D eigenvalue weighted by atomic mass is 9.82. The second-order valence-electron chi connectivity index (χ2n) is 11.5. The Kier molecular flexibility index (Phi) is 20.6. The number of carbonyl (C=O) groups excluding carboxylic acids is 3. The molecule has 9 nitrogen and oxygen atoms in total.